The second-order valence-electron chi connectivity index (χ2n) is 7.15. The van der Waals surface area contributed by atoms with E-state index >= 15 is 0 Å². The third-order valence-electron chi connectivity index (χ3n) is 5.16. The Hall–Kier alpha value is -2.82. The van der Waals surface area contributed by atoms with Gasteiger partial charge in [0.05, 0.1) is 5.54 Å². The number of rotatable bonds is 5. The molecule has 0 bridgehead atoms. The predicted octanol–water partition coefficient (Wildman–Crippen LogP) is 3.62. The van der Waals surface area contributed by atoms with E-state index in [1.54, 1.807) is 0 Å². The van der Waals surface area contributed by atoms with Crippen molar-refractivity contribution in [2.24, 2.45) is 0 Å². The number of hydrogen-bond acceptors (Lipinski definition) is 2. The van der Waals surface area contributed by atoms with Gasteiger partial charge in [0.25, 0.3) is 0 Å². The maximum atomic E-state index is 12.5. The van der Waals surface area contributed by atoms with Crippen molar-refractivity contribution in [2.45, 2.75) is 37.8 Å². The lowest BCUT2D eigenvalue weighted by atomic mass is 10.1. The largest absolute Gasteiger partial charge is 0.338 e. The molecule has 5 nitrogen and oxygen atoms in total. The van der Waals surface area contributed by atoms with Crippen LogP contribution in [-0.4, -0.2) is 23.4 Å². The van der Waals surface area contributed by atoms with Crippen LogP contribution in [0.2, 0.25) is 0 Å². The summed E-state index contributed by atoms with van der Waals surface area (Å²) < 4.78 is 0. The Kier molecular flexibility index (Phi) is 4.37. The van der Waals surface area contributed by atoms with Crippen molar-refractivity contribution >= 4 is 17.6 Å². The van der Waals surface area contributed by atoms with Crippen LogP contribution in [0.3, 0.4) is 0 Å². The first-order valence-corrected chi connectivity index (χ1v) is 9.16. The van der Waals surface area contributed by atoms with Gasteiger partial charge < -0.3 is 15.5 Å². The van der Waals surface area contributed by atoms with E-state index in [1.165, 1.54) is 0 Å². The maximum absolute atomic E-state index is 12.5. The van der Waals surface area contributed by atoms with Crippen molar-refractivity contribution in [3.63, 3.8) is 0 Å². The molecule has 1 saturated heterocycles. The molecule has 0 aromatic heterocycles. The number of anilines is 1. The summed E-state index contributed by atoms with van der Waals surface area (Å²) in [5, 5.41) is 6.05. The van der Waals surface area contributed by atoms with Gasteiger partial charge in [0.2, 0.25) is 5.91 Å². The van der Waals surface area contributed by atoms with Gasteiger partial charge in [-0.15, -0.1) is 0 Å². The van der Waals surface area contributed by atoms with Crippen LogP contribution in [0, 0.1) is 0 Å². The molecule has 1 heterocycles. The third-order valence-corrected chi connectivity index (χ3v) is 5.16. The van der Waals surface area contributed by atoms with Gasteiger partial charge in [0, 0.05) is 25.2 Å². The Morgan fingerprint density at radius 3 is 2.58 bits per heavy atom. The van der Waals surface area contributed by atoms with Crippen LogP contribution >= 0.6 is 0 Å². The molecule has 0 unspecified atom stereocenters. The lowest BCUT2D eigenvalue weighted by Crippen LogP contribution is -2.38. The molecule has 2 fully saturated rings. The zero-order valence-corrected chi connectivity index (χ0v) is 14.7. The van der Waals surface area contributed by atoms with E-state index in [-0.39, 0.29) is 17.5 Å². The summed E-state index contributed by atoms with van der Waals surface area (Å²) in [6.45, 7) is 1.42. The van der Waals surface area contributed by atoms with Gasteiger partial charge in [0.1, 0.15) is 0 Å². The third kappa shape index (κ3) is 3.57. The minimum absolute atomic E-state index is 0.194. The Morgan fingerprint density at radius 1 is 1.08 bits per heavy atom. The molecule has 2 aromatic rings. The molecular weight excluding hydrogens is 326 g/mol. The van der Waals surface area contributed by atoms with E-state index in [1.807, 2.05) is 47.4 Å². The Bertz CT molecular complexity index is 815. The molecule has 5 heteroatoms. The van der Waals surface area contributed by atoms with Crippen molar-refractivity contribution < 1.29 is 9.59 Å². The molecule has 134 valence electrons. The summed E-state index contributed by atoms with van der Waals surface area (Å²) >= 11 is 0. The first kappa shape index (κ1) is 16.6. The lowest BCUT2D eigenvalue weighted by molar-refractivity contribution is -0.128. The monoisotopic (exact) mass is 349 g/mol. The van der Waals surface area contributed by atoms with Gasteiger partial charge in [-0.1, -0.05) is 42.5 Å². The summed E-state index contributed by atoms with van der Waals surface area (Å²) in [4.78, 5) is 26.1. The van der Waals surface area contributed by atoms with Crippen LogP contribution in [0.4, 0.5) is 10.5 Å². The van der Waals surface area contributed by atoms with Gasteiger partial charge in [0.15, 0.2) is 0 Å². The SMILES string of the molecule is O=C(Nc1cccc(CN2CCCC2=O)c1)NC1(c2ccccc2)CC1. The summed E-state index contributed by atoms with van der Waals surface area (Å²) in [6.07, 6.45) is 3.49. The molecule has 2 aromatic carbocycles. The first-order valence-electron chi connectivity index (χ1n) is 9.16. The molecule has 4 rings (SSSR count). The molecule has 1 aliphatic heterocycles. The first-order chi connectivity index (χ1) is 12.6. The number of urea groups is 1. The highest BCUT2D eigenvalue weighted by Crippen LogP contribution is 2.45. The van der Waals surface area contributed by atoms with Crippen molar-refractivity contribution in [3.05, 3.63) is 65.7 Å². The second-order valence-corrected chi connectivity index (χ2v) is 7.15. The van der Waals surface area contributed by atoms with Gasteiger partial charge in [-0.2, -0.15) is 0 Å². The van der Waals surface area contributed by atoms with Crippen molar-refractivity contribution in [1.29, 1.82) is 0 Å². The fourth-order valence-corrected chi connectivity index (χ4v) is 3.59. The number of hydrogen-bond donors (Lipinski definition) is 2. The van der Waals surface area contributed by atoms with Crippen LogP contribution in [-0.2, 0) is 16.9 Å². The average Bonchev–Trinajstić information content (AvgIpc) is 3.32. The molecule has 0 radical (unpaired) electrons. The molecule has 26 heavy (non-hydrogen) atoms. The smallest absolute Gasteiger partial charge is 0.319 e. The molecule has 2 aliphatic rings. The van der Waals surface area contributed by atoms with E-state index in [0.717, 1.165) is 42.6 Å². The summed E-state index contributed by atoms with van der Waals surface area (Å²) in [5.74, 6) is 0.208. The summed E-state index contributed by atoms with van der Waals surface area (Å²) in [6, 6.07) is 17.6. The Morgan fingerprint density at radius 2 is 1.88 bits per heavy atom. The molecule has 1 aliphatic carbocycles. The van der Waals surface area contributed by atoms with Crippen molar-refractivity contribution in [2.75, 3.05) is 11.9 Å². The fourth-order valence-electron chi connectivity index (χ4n) is 3.59. The second kappa shape index (κ2) is 6.83. The van der Waals surface area contributed by atoms with E-state index in [4.69, 9.17) is 0 Å². The van der Waals surface area contributed by atoms with Gasteiger partial charge >= 0.3 is 6.03 Å². The quantitative estimate of drug-likeness (QED) is 0.866. The summed E-state index contributed by atoms with van der Waals surface area (Å²) in [5.41, 5.74) is 2.69. The van der Waals surface area contributed by atoms with Gasteiger partial charge in [-0.3, -0.25) is 4.79 Å². The highest BCUT2D eigenvalue weighted by Gasteiger charge is 2.45. The van der Waals surface area contributed by atoms with E-state index < -0.39 is 0 Å². The number of likely N-dealkylation sites (tertiary alicyclic amines) is 1. The van der Waals surface area contributed by atoms with Crippen LogP contribution in [0.5, 0.6) is 0 Å². The van der Waals surface area contributed by atoms with Crippen LogP contribution in [0.25, 0.3) is 0 Å². The fraction of sp³-hybridized carbons (Fsp3) is 0.333. The average molecular weight is 349 g/mol. The number of carbonyl (C=O) groups excluding carboxylic acids is 2. The maximum Gasteiger partial charge on any atom is 0.319 e. The highest BCUT2D eigenvalue weighted by atomic mass is 16.2. The molecular formula is C21H23N3O2. The molecule has 0 atom stereocenters. The van der Waals surface area contributed by atoms with E-state index in [2.05, 4.69) is 22.8 Å². The zero-order chi connectivity index (χ0) is 18.0. The minimum Gasteiger partial charge on any atom is -0.338 e. The molecule has 2 N–H and O–H groups in total. The Balaban J connectivity index is 1.39. The zero-order valence-electron chi connectivity index (χ0n) is 14.7. The minimum atomic E-state index is -0.231. The van der Waals surface area contributed by atoms with Crippen LogP contribution in [0.1, 0.15) is 36.8 Å². The summed E-state index contributed by atoms with van der Waals surface area (Å²) in [7, 11) is 0. The number of amides is 3. The predicted molar refractivity (Wildman–Crippen MR) is 101 cm³/mol. The lowest BCUT2D eigenvalue weighted by Gasteiger charge is -2.19. The number of nitrogens with one attached hydrogen (secondary N) is 2. The topological polar surface area (TPSA) is 61.4 Å². The molecule has 0 spiro atoms. The number of nitrogens with zero attached hydrogens (tertiary/aromatic N) is 1. The van der Waals surface area contributed by atoms with Gasteiger partial charge in [-0.25, -0.2) is 4.79 Å². The van der Waals surface area contributed by atoms with Crippen molar-refractivity contribution in [1.82, 2.24) is 10.2 Å². The van der Waals surface area contributed by atoms with Crippen molar-refractivity contribution in [3.8, 4) is 0 Å². The Labute approximate surface area is 153 Å². The molecule has 3 amide bonds. The normalized spacial score (nSPS) is 17.8. The number of benzene rings is 2. The van der Waals surface area contributed by atoms with E-state index in [0.29, 0.717) is 13.0 Å². The number of carbonyl (C=O) groups is 2. The van der Waals surface area contributed by atoms with Crippen LogP contribution in [0.15, 0.2) is 54.6 Å². The van der Waals surface area contributed by atoms with Crippen LogP contribution < -0.4 is 10.6 Å². The molecule has 1 saturated carbocycles. The standard InChI is InChI=1S/C21H23N3O2/c25-19-10-5-13-24(19)15-16-6-4-9-18(14-16)22-20(26)23-21(11-12-21)17-7-2-1-3-8-17/h1-4,6-9,14H,5,10-13,15H2,(H2,22,23,26). The van der Waals surface area contributed by atoms with E-state index in [9.17, 15) is 9.59 Å². The van der Waals surface area contributed by atoms with Gasteiger partial charge in [-0.05, 0) is 42.5 Å². The highest BCUT2D eigenvalue weighted by molar-refractivity contribution is 5.90.